The third kappa shape index (κ3) is 4.90. The summed E-state index contributed by atoms with van der Waals surface area (Å²) in [6.45, 7) is 6.15. The summed E-state index contributed by atoms with van der Waals surface area (Å²) in [4.78, 5) is 4.15. The molecule has 0 spiro atoms. The van der Waals surface area contributed by atoms with Crippen LogP contribution < -0.4 is 0 Å². The van der Waals surface area contributed by atoms with Crippen LogP contribution in [0, 0.1) is 11.3 Å². The molecule has 0 aromatic rings. The van der Waals surface area contributed by atoms with E-state index < -0.39 is 0 Å². The van der Waals surface area contributed by atoms with E-state index in [0.717, 1.165) is 5.71 Å². The van der Waals surface area contributed by atoms with Crippen molar-refractivity contribution in [1.82, 2.24) is 0 Å². The second-order valence-electron chi connectivity index (χ2n) is 2.58. The number of halogens is 1. The Balaban J connectivity index is 4.22. The first-order valence-corrected chi connectivity index (χ1v) is 4.27. The van der Waals surface area contributed by atoms with Gasteiger partial charge in [-0.05, 0) is 28.8 Å². The van der Waals surface area contributed by atoms with Crippen LogP contribution in [0.3, 0.4) is 0 Å². The highest BCUT2D eigenvalue weighted by atomic mass is 79.9. The molecule has 0 heterocycles. The molecule has 1 N–H and O–H groups in total. The second-order valence-corrected chi connectivity index (χ2v) is 3.50. The first-order chi connectivity index (χ1) is 5.07. The smallest absolute Gasteiger partial charge is 0.0533 e. The van der Waals surface area contributed by atoms with Crippen LogP contribution in [-0.2, 0) is 0 Å². The molecule has 11 heavy (non-hydrogen) atoms. The highest BCUT2D eigenvalue weighted by Gasteiger charge is 1.94. The Morgan fingerprint density at radius 1 is 1.55 bits per heavy atom. The number of aliphatic imine (C=N–C) groups is 1. The van der Waals surface area contributed by atoms with Crippen LogP contribution in [-0.4, -0.2) is 11.9 Å². The third-order valence-corrected chi connectivity index (χ3v) is 1.80. The Labute approximate surface area is 76.1 Å². The number of hydrogen-bond donors (Lipinski definition) is 1. The summed E-state index contributed by atoms with van der Waals surface area (Å²) in [5.41, 5.74) is 1.07. The van der Waals surface area contributed by atoms with Gasteiger partial charge in [0.15, 0.2) is 0 Å². The molecule has 0 aliphatic rings. The van der Waals surface area contributed by atoms with Gasteiger partial charge >= 0.3 is 0 Å². The molecule has 0 rings (SSSR count). The van der Waals surface area contributed by atoms with Gasteiger partial charge in [0.2, 0.25) is 0 Å². The molecule has 0 bridgehead atoms. The second kappa shape index (κ2) is 5.24. The molecule has 0 radical (unpaired) electrons. The average Bonchev–Trinajstić information content (AvgIpc) is 1.99. The quantitative estimate of drug-likeness (QED) is 0.705. The molecule has 0 atom stereocenters. The van der Waals surface area contributed by atoms with Gasteiger partial charge in [-0.1, -0.05) is 13.8 Å². The lowest BCUT2D eigenvalue weighted by Crippen LogP contribution is -2.00. The minimum atomic E-state index is 0.470. The number of hydrogen-bond acceptors (Lipinski definition) is 2. The molecule has 0 aromatic heterocycles. The van der Waals surface area contributed by atoms with Gasteiger partial charge in [-0.2, -0.15) is 0 Å². The van der Waals surface area contributed by atoms with Crippen molar-refractivity contribution < 1.29 is 0 Å². The van der Waals surface area contributed by atoms with Gasteiger partial charge in [0.1, 0.15) is 0 Å². The summed E-state index contributed by atoms with van der Waals surface area (Å²) in [5, 5.41) is 6.85. The van der Waals surface area contributed by atoms with E-state index in [4.69, 9.17) is 5.41 Å². The van der Waals surface area contributed by atoms with Crippen LogP contribution in [0.1, 0.15) is 20.8 Å². The van der Waals surface area contributed by atoms with Gasteiger partial charge in [-0.25, -0.2) is 0 Å². The topological polar surface area (TPSA) is 36.2 Å². The summed E-state index contributed by atoms with van der Waals surface area (Å²) >= 11 is 3.17. The Morgan fingerprint density at radius 3 is 2.45 bits per heavy atom. The lowest BCUT2D eigenvalue weighted by Gasteiger charge is -2.00. The third-order valence-electron chi connectivity index (χ3n) is 1.36. The van der Waals surface area contributed by atoms with Crippen LogP contribution in [0.25, 0.3) is 0 Å². The van der Waals surface area contributed by atoms with Crippen molar-refractivity contribution in [1.29, 1.82) is 5.41 Å². The van der Waals surface area contributed by atoms with E-state index >= 15 is 0 Å². The molecule has 0 aromatic carbocycles. The zero-order chi connectivity index (χ0) is 8.85. The molecule has 0 saturated heterocycles. The SMILES string of the molecule is C/C(=N\C=C(\Br)C=N)C(C)C. The number of nitrogens with zero attached hydrogens (tertiary/aromatic N) is 1. The number of nitrogens with one attached hydrogen (secondary N) is 1. The fourth-order valence-corrected chi connectivity index (χ4v) is 0.452. The Kier molecular flexibility index (Phi) is 5.03. The van der Waals surface area contributed by atoms with E-state index in [1.54, 1.807) is 6.20 Å². The molecular weight excluding hydrogens is 204 g/mol. The van der Waals surface area contributed by atoms with E-state index in [2.05, 4.69) is 34.8 Å². The van der Waals surface area contributed by atoms with E-state index in [0.29, 0.717) is 10.4 Å². The van der Waals surface area contributed by atoms with Crippen LogP contribution in [0.4, 0.5) is 0 Å². The predicted octanol–water partition coefficient (Wildman–Crippen LogP) is 2.99. The Bertz CT molecular complexity index is 192. The maximum Gasteiger partial charge on any atom is 0.0533 e. The van der Waals surface area contributed by atoms with Crippen LogP contribution in [0.15, 0.2) is 15.7 Å². The molecule has 0 aliphatic heterocycles. The molecule has 0 fully saturated rings. The lowest BCUT2D eigenvalue weighted by molar-refractivity contribution is 0.878. The Hall–Kier alpha value is -0.440. The minimum absolute atomic E-state index is 0.470. The van der Waals surface area contributed by atoms with Crippen molar-refractivity contribution in [2.45, 2.75) is 20.8 Å². The fourth-order valence-electron chi connectivity index (χ4n) is 0.350. The average molecular weight is 217 g/mol. The van der Waals surface area contributed by atoms with Crippen LogP contribution >= 0.6 is 15.9 Å². The first-order valence-electron chi connectivity index (χ1n) is 3.48. The highest BCUT2D eigenvalue weighted by Crippen LogP contribution is 2.02. The van der Waals surface area contributed by atoms with Gasteiger partial charge in [0.25, 0.3) is 0 Å². The van der Waals surface area contributed by atoms with Crippen molar-refractivity contribution >= 4 is 27.9 Å². The molecule has 0 aliphatic carbocycles. The predicted molar refractivity (Wildman–Crippen MR) is 53.7 cm³/mol. The van der Waals surface area contributed by atoms with Gasteiger partial charge in [-0.3, -0.25) is 4.99 Å². The van der Waals surface area contributed by atoms with Crippen LogP contribution in [0.5, 0.6) is 0 Å². The van der Waals surface area contributed by atoms with Gasteiger partial charge in [0, 0.05) is 18.1 Å². The molecule has 0 amide bonds. The summed E-state index contributed by atoms with van der Waals surface area (Å²) < 4.78 is 0.692. The van der Waals surface area contributed by atoms with Crippen molar-refractivity contribution in [2.75, 3.05) is 0 Å². The van der Waals surface area contributed by atoms with Crippen molar-refractivity contribution in [3.63, 3.8) is 0 Å². The fraction of sp³-hybridized carbons (Fsp3) is 0.500. The monoisotopic (exact) mass is 216 g/mol. The molecular formula is C8H13BrN2. The summed E-state index contributed by atoms with van der Waals surface area (Å²) in [6, 6.07) is 0. The Morgan fingerprint density at radius 2 is 2.09 bits per heavy atom. The summed E-state index contributed by atoms with van der Waals surface area (Å²) in [5.74, 6) is 0.470. The highest BCUT2D eigenvalue weighted by molar-refractivity contribution is 9.12. The van der Waals surface area contributed by atoms with E-state index in [1.165, 1.54) is 6.21 Å². The molecule has 3 heteroatoms. The van der Waals surface area contributed by atoms with E-state index in [1.807, 2.05) is 6.92 Å². The summed E-state index contributed by atoms with van der Waals surface area (Å²) in [7, 11) is 0. The van der Waals surface area contributed by atoms with Crippen molar-refractivity contribution in [2.24, 2.45) is 10.9 Å². The maximum absolute atomic E-state index is 6.85. The first kappa shape index (κ1) is 10.6. The largest absolute Gasteiger partial charge is 0.308 e. The van der Waals surface area contributed by atoms with Gasteiger partial charge in [0.05, 0.1) is 4.48 Å². The van der Waals surface area contributed by atoms with Gasteiger partial charge in [-0.15, -0.1) is 0 Å². The minimum Gasteiger partial charge on any atom is -0.308 e. The van der Waals surface area contributed by atoms with Crippen molar-refractivity contribution in [3.8, 4) is 0 Å². The van der Waals surface area contributed by atoms with Gasteiger partial charge < -0.3 is 5.41 Å². The molecule has 0 unspecified atom stereocenters. The maximum atomic E-state index is 6.85. The normalized spacial score (nSPS) is 13.9. The van der Waals surface area contributed by atoms with E-state index in [-0.39, 0.29) is 0 Å². The van der Waals surface area contributed by atoms with Crippen molar-refractivity contribution in [3.05, 3.63) is 10.7 Å². The van der Waals surface area contributed by atoms with E-state index in [9.17, 15) is 0 Å². The number of allylic oxidation sites excluding steroid dienone is 1. The zero-order valence-electron chi connectivity index (χ0n) is 7.06. The zero-order valence-corrected chi connectivity index (χ0v) is 8.64. The lowest BCUT2D eigenvalue weighted by atomic mass is 10.1. The molecule has 0 saturated carbocycles. The van der Waals surface area contributed by atoms with Crippen LogP contribution in [0.2, 0.25) is 0 Å². The molecule has 62 valence electrons. The standard InChI is InChI=1S/C8H13BrN2/c1-6(2)7(3)11-5-8(9)4-10/h4-6,10H,1-3H3/b8-5+,10-4?,11-7+. The molecule has 2 nitrogen and oxygen atoms in total. The summed E-state index contributed by atoms with van der Waals surface area (Å²) in [6.07, 6.45) is 2.86. The number of rotatable bonds is 3.